The van der Waals surface area contributed by atoms with Crippen molar-refractivity contribution >= 4 is 46.0 Å². The van der Waals surface area contributed by atoms with E-state index in [1.54, 1.807) is 34.4 Å². The van der Waals surface area contributed by atoms with Crippen molar-refractivity contribution < 1.29 is 4.79 Å². The second-order valence-electron chi connectivity index (χ2n) is 4.97. The van der Waals surface area contributed by atoms with Crippen LogP contribution < -0.4 is 10.6 Å². The fraction of sp³-hybridized carbons (Fsp3) is 0.429. The highest BCUT2D eigenvalue weighted by molar-refractivity contribution is 8.02. The molecule has 3 rings (SSSR count). The van der Waals surface area contributed by atoms with Crippen LogP contribution in [-0.4, -0.2) is 23.2 Å². The largest absolute Gasteiger partial charge is 0.324 e. The van der Waals surface area contributed by atoms with E-state index in [1.165, 1.54) is 9.09 Å². The third-order valence-corrected chi connectivity index (χ3v) is 6.68. The molecule has 0 bridgehead atoms. The van der Waals surface area contributed by atoms with Crippen molar-refractivity contribution in [2.75, 3.05) is 17.6 Å². The monoisotopic (exact) mass is 339 g/mol. The number of rotatable bonds is 5. The molecule has 0 radical (unpaired) electrons. The second-order valence-corrected chi connectivity index (χ2v) is 8.36. The fourth-order valence-corrected chi connectivity index (χ4v) is 4.98. The maximum absolute atomic E-state index is 11.4. The number of thioether (sulfide) groups is 1. The highest BCUT2D eigenvalue weighted by Gasteiger charge is 2.20. The molecule has 1 atom stereocenters. The summed E-state index contributed by atoms with van der Waals surface area (Å²) in [5.74, 6) is 0.620. The van der Waals surface area contributed by atoms with E-state index in [0.29, 0.717) is 5.75 Å². The number of thiazole rings is 1. The minimum atomic E-state index is 0.0939. The van der Waals surface area contributed by atoms with Gasteiger partial charge in [0.05, 0.1) is 26.4 Å². The Kier molecular flexibility index (Phi) is 4.63. The smallest absolute Gasteiger partial charge is 0.234 e. The molecule has 0 aromatic carbocycles. The molecule has 21 heavy (non-hydrogen) atoms. The van der Waals surface area contributed by atoms with Crippen LogP contribution in [0, 0.1) is 6.92 Å². The van der Waals surface area contributed by atoms with Gasteiger partial charge in [0.1, 0.15) is 0 Å². The summed E-state index contributed by atoms with van der Waals surface area (Å²) >= 11 is 5.09. The Morgan fingerprint density at radius 3 is 3.14 bits per heavy atom. The number of aromatic nitrogens is 1. The zero-order valence-corrected chi connectivity index (χ0v) is 14.4. The zero-order valence-electron chi connectivity index (χ0n) is 11.9. The van der Waals surface area contributed by atoms with E-state index in [-0.39, 0.29) is 11.9 Å². The number of amides is 1. The van der Waals surface area contributed by atoms with E-state index >= 15 is 0 Å². The van der Waals surface area contributed by atoms with Gasteiger partial charge in [-0.1, -0.05) is 0 Å². The van der Waals surface area contributed by atoms with Crippen LogP contribution in [0.25, 0.3) is 0 Å². The lowest BCUT2D eigenvalue weighted by Gasteiger charge is -2.11. The van der Waals surface area contributed by atoms with Crippen molar-refractivity contribution in [1.82, 2.24) is 10.3 Å². The van der Waals surface area contributed by atoms with Gasteiger partial charge < -0.3 is 10.6 Å². The number of thiophene rings is 1. The van der Waals surface area contributed by atoms with Gasteiger partial charge in [-0.15, -0.1) is 34.4 Å². The first kappa shape index (κ1) is 15.0. The number of nitrogens with one attached hydrogen (secondary N) is 2. The summed E-state index contributed by atoms with van der Waals surface area (Å²) in [5, 5.41) is 9.71. The molecule has 2 aromatic heterocycles. The van der Waals surface area contributed by atoms with Gasteiger partial charge in [-0.05, 0) is 19.9 Å². The lowest BCUT2D eigenvalue weighted by molar-refractivity contribution is -0.113. The number of carbonyl (C=O) groups is 1. The third kappa shape index (κ3) is 3.66. The van der Waals surface area contributed by atoms with Gasteiger partial charge in [0, 0.05) is 29.3 Å². The molecule has 4 nitrogen and oxygen atoms in total. The molecule has 0 spiro atoms. The molecule has 1 aliphatic rings. The van der Waals surface area contributed by atoms with Crippen molar-refractivity contribution in [3.05, 3.63) is 27.0 Å². The number of hydrogen-bond donors (Lipinski definition) is 2. The molecule has 7 heteroatoms. The first-order valence-electron chi connectivity index (χ1n) is 6.82. The van der Waals surface area contributed by atoms with Crippen LogP contribution in [-0.2, 0) is 11.2 Å². The van der Waals surface area contributed by atoms with Crippen molar-refractivity contribution in [3.63, 3.8) is 0 Å². The van der Waals surface area contributed by atoms with Crippen LogP contribution in [0.1, 0.15) is 28.5 Å². The van der Waals surface area contributed by atoms with Crippen LogP contribution in [0.3, 0.4) is 0 Å². The molecular formula is C14H17N3OS3. The minimum absolute atomic E-state index is 0.0939. The number of fused-ring (bicyclic) bond motifs is 1. The van der Waals surface area contributed by atoms with Crippen molar-refractivity contribution in [2.24, 2.45) is 0 Å². The molecule has 0 unspecified atom stereocenters. The summed E-state index contributed by atoms with van der Waals surface area (Å²) in [6.07, 6.45) is 0.950. The number of aryl methyl sites for hydroxylation is 1. The number of nitrogens with zero attached hydrogens (tertiary/aromatic N) is 1. The Labute approximate surface area is 136 Å². The normalized spacial score (nSPS) is 15.6. The molecule has 0 aliphatic carbocycles. The van der Waals surface area contributed by atoms with Crippen LogP contribution >= 0.6 is 34.4 Å². The Balaban J connectivity index is 1.55. The van der Waals surface area contributed by atoms with Crippen molar-refractivity contribution in [2.45, 2.75) is 30.5 Å². The average Bonchev–Trinajstić information content (AvgIpc) is 3.04. The van der Waals surface area contributed by atoms with Gasteiger partial charge in [0.15, 0.2) is 0 Å². The molecule has 0 fully saturated rings. The predicted octanol–water partition coefficient (Wildman–Crippen LogP) is 3.45. The molecule has 2 N–H and O–H groups in total. The van der Waals surface area contributed by atoms with Crippen LogP contribution in [0.2, 0.25) is 0 Å². The standard InChI is InChI=1S/C14H17N3OS3/c1-8(15-4-3-10-6-19-9(2)16-10)12-5-11-14(21-12)20-7-13(18)17-11/h5-6,8,15H,3-4,7H2,1-2H3,(H,17,18)/t8-/m1/s1. The van der Waals surface area contributed by atoms with Crippen LogP contribution in [0.4, 0.5) is 5.69 Å². The first-order chi connectivity index (χ1) is 10.1. The number of hydrogen-bond acceptors (Lipinski definition) is 6. The summed E-state index contributed by atoms with van der Waals surface area (Å²) in [4.78, 5) is 17.1. The van der Waals surface area contributed by atoms with E-state index in [0.717, 1.165) is 29.4 Å². The second kappa shape index (κ2) is 6.48. The van der Waals surface area contributed by atoms with Crippen LogP contribution in [0.15, 0.2) is 15.7 Å². The SMILES string of the molecule is Cc1nc(CCN[C@H](C)c2cc3c(s2)SCC(=O)N3)cs1. The lowest BCUT2D eigenvalue weighted by atomic mass is 10.2. The van der Waals surface area contributed by atoms with Gasteiger partial charge >= 0.3 is 0 Å². The van der Waals surface area contributed by atoms with Gasteiger partial charge in [-0.25, -0.2) is 4.98 Å². The van der Waals surface area contributed by atoms with E-state index < -0.39 is 0 Å². The summed E-state index contributed by atoms with van der Waals surface area (Å²) in [7, 11) is 0. The lowest BCUT2D eigenvalue weighted by Crippen LogP contribution is -2.20. The Morgan fingerprint density at radius 1 is 1.52 bits per heavy atom. The van der Waals surface area contributed by atoms with Gasteiger partial charge in [0.25, 0.3) is 0 Å². The van der Waals surface area contributed by atoms with Crippen molar-refractivity contribution in [1.29, 1.82) is 0 Å². The minimum Gasteiger partial charge on any atom is -0.324 e. The average molecular weight is 340 g/mol. The van der Waals surface area contributed by atoms with E-state index in [9.17, 15) is 4.79 Å². The van der Waals surface area contributed by atoms with Crippen LogP contribution in [0.5, 0.6) is 0 Å². The van der Waals surface area contributed by atoms with E-state index in [2.05, 4.69) is 34.0 Å². The molecule has 112 valence electrons. The molecular weight excluding hydrogens is 322 g/mol. The molecule has 0 saturated heterocycles. The fourth-order valence-electron chi connectivity index (χ4n) is 2.16. The first-order valence-corrected chi connectivity index (χ1v) is 9.51. The Hall–Kier alpha value is -0.890. The quantitative estimate of drug-likeness (QED) is 0.876. The Morgan fingerprint density at radius 2 is 2.38 bits per heavy atom. The van der Waals surface area contributed by atoms with Gasteiger partial charge in [-0.2, -0.15) is 0 Å². The summed E-state index contributed by atoms with van der Waals surface area (Å²) in [6, 6.07) is 2.38. The molecule has 0 saturated carbocycles. The maximum Gasteiger partial charge on any atom is 0.234 e. The third-order valence-electron chi connectivity index (χ3n) is 3.25. The summed E-state index contributed by atoms with van der Waals surface area (Å²) in [5.41, 5.74) is 2.13. The van der Waals surface area contributed by atoms with E-state index in [1.807, 2.05) is 6.92 Å². The molecule has 2 aromatic rings. The highest BCUT2D eigenvalue weighted by Crippen LogP contribution is 2.40. The highest BCUT2D eigenvalue weighted by atomic mass is 32.2. The van der Waals surface area contributed by atoms with Gasteiger partial charge in [-0.3, -0.25) is 4.79 Å². The van der Waals surface area contributed by atoms with Gasteiger partial charge in [0.2, 0.25) is 5.91 Å². The maximum atomic E-state index is 11.4. The Bertz CT molecular complexity index is 650. The van der Waals surface area contributed by atoms with Crippen molar-refractivity contribution in [3.8, 4) is 0 Å². The topological polar surface area (TPSA) is 54.0 Å². The zero-order chi connectivity index (χ0) is 14.8. The summed E-state index contributed by atoms with van der Waals surface area (Å²) < 4.78 is 1.22. The summed E-state index contributed by atoms with van der Waals surface area (Å²) in [6.45, 7) is 5.11. The number of carbonyl (C=O) groups excluding carboxylic acids is 1. The predicted molar refractivity (Wildman–Crippen MR) is 90.6 cm³/mol. The molecule has 1 amide bonds. The molecule has 1 aliphatic heterocycles. The van der Waals surface area contributed by atoms with E-state index in [4.69, 9.17) is 0 Å². The number of anilines is 1. The molecule has 3 heterocycles.